The van der Waals surface area contributed by atoms with E-state index in [9.17, 15) is 0 Å². The molecule has 1 heterocycles. The van der Waals surface area contributed by atoms with Gasteiger partial charge in [-0.05, 0) is 12.5 Å². The van der Waals surface area contributed by atoms with Crippen LogP contribution < -0.4 is 0 Å². The van der Waals surface area contributed by atoms with Gasteiger partial charge < -0.3 is 9.47 Å². The Bertz CT molecular complexity index is 470. The number of ether oxygens (including phenoxy) is 2. The predicted molar refractivity (Wildman–Crippen MR) is 72.7 cm³/mol. The van der Waals surface area contributed by atoms with Crippen molar-refractivity contribution in [2.45, 2.75) is 19.6 Å². The van der Waals surface area contributed by atoms with E-state index in [-0.39, 0.29) is 6.10 Å². The Morgan fingerprint density at radius 3 is 2.72 bits per heavy atom. The van der Waals surface area contributed by atoms with Gasteiger partial charge in [0.05, 0.1) is 12.3 Å². The Kier molecular flexibility index (Phi) is 4.87. The van der Waals surface area contributed by atoms with Crippen LogP contribution in [-0.2, 0) is 16.1 Å². The highest BCUT2D eigenvalue weighted by atomic mass is 32.1. The van der Waals surface area contributed by atoms with Crippen molar-refractivity contribution >= 4 is 11.3 Å². The van der Waals surface area contributed by atoms with Crippen LogP contribution in [0.15, 0.2) is 35.7 Å². The van der Waals surface area contributed by atoms with Crippen molar-refractivity contribution in [2.75, 3.05) is 13.7 Å². The molecule has 0 fully saturated rings. The summed E-state index contributed by atoms with van der Waals surface area (Å²) < 4.78 is 10.9. The normalized spacial score (nSPS) is 12.6. The zero-order chi connectivity index (χ0) is 12.8. The van der Waals surface area contributed by atoms with Crippen LogP contribution in [0.5, 0.6) is 0 Å². The minimum Gasteiger partial charge on any atom is -0.378 e. The van der Waals surface area contributed by atoms with Crippen LogP contribution in [0.2, 0.25) is 0 Å². The van der Waals surface area contributed by atoms with Gasteiger partial charge in [0.15, 0.2) is 0 Å². The van der Waals surface area contributed by atoms with Crippen LogP contribution >= 0.6 is 11.3 Å². The standard InChI is InChI=1S/C14H17NO2S/c1-3-17-13(11-7-5-4-6-8-11)14-15-12(9-16-2)10-18-14/h4-8,10,13H,3,9H2,1-2H3. The van der Waals surface area contributed by atoms with E-state index in [4.69, 9.17) is 9.47 Å². The fourth-order valence-electron chi connectivity index (χ4n) is 1.76. The minimum atomic E-state index is -0.0770. The quantitative estimate of drug-likeness (QED) is 0.800. The molecule has 0 aliphatic rings. The molecule has 1 unspecified atom stereocenters. The smallest absolute Gasteiger partial charge is 0.134 e. The van der Waals surface area contributed by atoms with Crippen LogP contribution in [0.1, 0.15) is 29.3 Å². The molecule has 0 aliphatic carbocycles. The monoisotopic (exact) mass is 263 g/mol. The number of methoxy groups -OCH3 is 1. The van der Waals surface area contributed by atoms with Crippen molar-refractivity contribution in [3.05, 3.63) is 52.0 Å². The summed E-state index contributed by atoms with van der Waals surface area (Å²) in [6.45, 7) is 3.21. The fourth-order valence-corrected chi connectivity index (χ4v) is 2.64. The molecule has 0 amide bonds. The first kappa shape index (κ1) is 13.2. The van der Waals surface area contributed by atoms with Gasteiger partial charge in [-0.25, -0.2) is 4.98 Å². The molecular formula is C14H17NO2S. The summed E-state index contributed by atoms with van der Waals surface area (Å²) in [6.07, 6.45) is -0.0770. The lowest BCUT2D eigenvalue weighted by Crippen LogP contribution is -2.06. The Morgan fingerprint density at radius 2 is 2.06 bits per heavy atom. The second kappa shape index (κ2) is 6.64. The molecule has 0 aliphatic heterocycles. The molecule has 1 atom stereocenters. The van der Waals surface area contributed by atoms with Crippen molar-refractivity contribution < 1.29 is 9.47 Å². The van der Waals surface area contributed by atoms with Gasteiger partial charge in [-0.3, -0.25) is 0 Å². The molecule has 2 aromatic rings. The molecule has 0 spiro atoms. The van der Waals surface area contributed by atoms with E-state index in [0.29, 0.717) is 13.2 Å². The Labute approximate surface area is 111 Å². The maximum atomic E-state index is 5.81. The van der Waals surface area contributed by atoms with Gasteiger partial charge in [-0.15, -0.1) is 11.3 Å². The second-order valence-electron chi connectivity index (χ2n) is 3.86. The number of hydrogen-bond donors (Lipinski definition) is 0. The zero-order valence-corrected chi connectivity index (χ0v) is 11.4. The lowest BCUT2D eigenvalue weighted by molar-refractivity contribution is 0.0907. The number of nitrogens with zero attached hydrogens (tertiary/aromatic N) is 1. The van der Waals surface area contributed by atoms with Gasteiger partial charge in [0, 0.05) is 19.1 Å². The zero-order valence-electron chi connectivity index (χ0n) is 10.6. The molecule has 0 bridgehead atoms. The number of aromatic nitrogens is 1. The molecule has 0 N–H and O–H groups in total. The molecule has 18 heavy (non-hydrogen) atoms. The molecule has 96 valence electrons. The van der Waals surface area contributed by atoms with Crippen LogP contribution in [0.3, 0.4) is 0 Å². The minimum absolute atomic E-state index is 0.0770. The van der Waals surface area contributed by atoms with E-state index in [1.807, 2.05) is 30.5 Å². The van der Waals surface area contributed by atoms with E-state index < -0.39 is 0 Å². The topological polar surface area (TPSA) is 31.4 Å². The molecular weight excluding hydrogens is 246 g/mol. The molecule has 1 aromatic heterocycles. The van der Waals surface area contributed by atoms with Crippen molar-refractivity contribution in [3.63, 3.8) is 0 Å². The van der Waals surface area contributed by atoms with Crippen LogP contribution in [0.25, 0.3) is 0 Å². The van der Waals surface area contributed by atoms with Gasteiger partial charge >= 0.3 is 0 Å². The summed E-state index contributed by atoms with van der Waals surface area (Å²) in [4.78, 5) is 4.56. The Hall–Kier alpha value is -1.23. The van der Waals surface area contributed by atoms with Crippen molar-refractivity contribution in [2.24, 2.45) is 0 Å². The predicted octanol–water partition coefficient (Wildman–Crippen LogP) is 3.42. The van der Waals surface area contributed by atoms with E-state index >= 15 is 0 Å². The molecule has 0 saturated carbocycles. The van der Waals surface area contributed by atoms with Gasteiger partial charge in [0.25, 0.3) is 0 Å². The highest BCUT2D eigenvalue weighted by Gasteiger charge is 2.17. The number of rotatable bonds is 6. The van der Waals surface area contributed by atoms with Crippen molar-refractivity contribution in [1.29, 1.82) is 0 Å². The Balaban J connectivity index is 2.23. The second-order valence-corrected chi connectivity index (χ2v) is 4.75. The van der Waals surface area contributed by atoms with Gasteiger partial charge in [0.2, 0.25) is 0 Å². The SMILES string of the molecule is CCOC(c1ccccc1)c1nc(COC)cs1. The van der Waals surface area contributed by atoms with Gasteiger partial charge in [-0.2, -0.15) is 0 Å². The van der Waals surface area contributed by atoms with E-state index in [1.54, 1.807) is 18.4 Å². The first-order chi connectivity index (χ1) is 8.85. The molecule has 0 radical (unpaired) electrons. The first-order valence-corrected chi connectivity index (χ1v) is 6.83. The maximum Gasteiger partial charge on any atom is 0.134 e. The molecule has 4 heteroatoms. The summed E-state index contributed by atoms with van der Waals surface area (Å²) in [5.41, 5.74) is 2.09. The number of thiazole rings is 1. The van der Waals surface area contributed by atoms with E-state index in [1.165, 1.54) is 0 Å². The summed E-state index contributed by atoms with van der Waals surface area (Å²) in [5, 5.41) is 3.00. The molecule has 3 nitrogen and oxygen atoms in total. The van der Waals surface area contributed by atoms with Crippen LogP contribution in [0, 0.1) is 0 Å². The lowest BCUT2D eigenvalue weighted by Gasteiger charge is -2.14. The molecule has 1 aromatic carbocycles. The van der Waals surface area contributed by atoms with Gasteiger partial charge in [0.1, 0.15) is 11.1 Å². The number of benzene rings is 1. The highest BCUT2D eigenvalue weighted by molar-refractivity contribution is 7.09. The average Bonchev–Trinajstić information content (AvgIpc) is 2.86. The third-order valence-electron chi connectivity index (χ3n) is 2.52. The lowest BCUT2D eigenvalue weighted by atomic mass is 10.1. The summed E-state index contributed by atoms with van der Waals surface area (Å²) in [7, 11) is 1.68. The van der Waals surface area contributed by atoms with Crippen molar-refractivity contribution in [1.82, 2.24) is 4.98 Å². The third-order valence-corrected chi connectivity index (χ3v) is 3.46. The summed E-state index contributed by atoms with van der Waals surface area (Å²) >= 11 is 1.62. The third kappa shape index (κ3) is 3.16. The Morgan fingerprint density at radius 1 is 1.28 bits per heavy atom. The molecule has 2 rings (SSSR count). The summed E-state index contributed by atoms with van der Waals surface area (Å²) in [5.74, 6) is 0. The largest absolute Gasteiger partial charge is 0.378 e. The number of hydrogen-bond acceptors (Lipinski definition) is 4. The van der Waals surface area contributed by atoms with Gasteiger partial charge in [-0.1, -0.05) is 30.3 Å². The van der Waals surface area contributed by atoms with E-state index in [2.05, 4.69) is 17.1 Å². The van der Waals surface area contributed by atoms with E-state index in [0.717, 1.165) is 16.3 Å². The average molecular weight is 263 g/mol. The van der Waals surface area contributed by atoms with Crippen molar-refractivity contribution in [3.8, 4) is 0 Å². The maximum absolute atomic E-state index is 5.81. The first-order valence-electron chi connectivity index (χ1n) is 5.95. The van der Waals surface area contributed by atoms with Crippen LogP contribution in [0.4, 0.5) is 0 Å². The summed E-state index contributed by atoms with van der Waals surface area (Å²) in [6, 6.07) is 10.2. The fraction of sp³-hybridized carbons (Fsp3) is 0.357. The molecule has 0 saturated heterocycles. The van der Waals surface area contributed by atoms with Crippen LogP contribution in [-0.4, -0.2) is 18.7 Å². The highest BCUT2D eigenvalue weighted by Crippen LogP contribution is 2.28.